The molecule has 2 aromatic rings. The first kappa shape index (κ1) is 11.5. The number of rotatable bonds is 3. The molecule has 0 radical (unpaired) electrons. The van der Waals surface area contributed by atoms with E-state index < -0.39 is 0 Å². The predicted molar refractivity (Wildman–Crippen MR) is 66.6 cm³/mol. The summed E-state index contributed by atoms with van der Waals surface area (Å²) < 4.78 is 12.9. The van der Waals surface area contributed by atoms with Gasteiger partial charge in [-0.05, 0) is 54.4 Å². The molecule has 0 atom stereocenters. The van der Waals surface area contributed by atoms with E-state index in [-0.39, 0.29) is 11.6 Å². The molecule has 0 fully saturated rings. The summed E-state index contributed by atoms with van der Waals surface area (Å²) in [5.41, 5.74) is 2.90. The molecule has 17 heavy (non-hydrogen) atoms. The summed E-state index contributed by atoms with van der Waals surface area (Å²) in [6.45, 7) is 2.52. The Balaban J connectivity index is 2.04. The number of anilines is 1. The zero-order valence-corrected chi connectivity index (χ0v) is 9.57. The van der Waals surface area contributed by atoms with Crippen molar-refractivity contribution in [3.63, 3.8) is 0 Å². The van der Waals surface area contributed by atoms with Crippen LogP contribution in [0.3, 0.4) is 0 Å². The van der Waals surface area contributed by atoms with Crippen LogP contribution in [0.25, 0.3) is 0 Å². The Kier molecular flexibility index (Phi) is 3.28. The third kappa shape index (κ3) is 2.97. The second kappa shape index (κ2) is 4.87. The molecule has 0 unspecified atom stereocenters. The largest absolute Gasteiger partial charge is 0.508 e. The molecule has 2 N–H and O–H groups in total. The molecule has 88 valence electrons. The first-order valence-corrected chi connectivity index (χ1v) is 5.43. The molecular weight excluding hydrogens is 217 g/mol. The van der Waals surface area contributed by atoms with Gasteiger partial charge >= 0.3 is 0 Å². The van der Waals surface area contributed by atoms with Crippen molar-refractivity contribution in [3.8, 4) is 5.75 Å². The second-order valence-electron chi connectivity index (χ2n) is 3.97. The van der Waals surface area contributed by atoms with Gasteiger partial charge in [0, 0.05) is 12.2 Å². The van der Waals surface area contributed by atoms with Crippen molar-refractivity contribution in [2.75, 3.05) is 5.32 Å². The van der Waals surface area contributed by atoms with Crippen LogP contribution in [0.15, 0.2) is 42.5 Å². The molecule has 0 saturated carbocycles. The fourth-order valence-electron chi connectivity index (χ4n) is 1.63. The highest BCUT2D eigenvalue weighted by Crippen LogP contribution is 2.16. The number of benzene rings is 2. The van der Waals surface area contributed by atoms with Gasteiger partial charge in [0.1, 0.15) is 11.6 Å². The number of halogens is 1. The lowest BCUT2D eigenvalue weighted by atomic mass is 10.1. The fraction of sp³-hybridized carbons (Fsp3) is 0.143. The van der Waals surface area contributed by atoms with Crippen molar-refractivity contribution in [2.24, 2.45) is 0 Å². The lowest BCUT2D eigenvalue weighted by molar-refractivity contribution is 0.475. The standard InChI is InChI=1S/C14H14FNO/c1-10-8-12(15)3-2-11(10)9-16-13-4-6-14(17)7-5-13/h2-8,16-17H,9H2,1H3. The van der Waals surface area contributed by atoms with E-state index in [1.807, 2.05) is 6.92 Å². The van der Waals surface area contributed by atoms with Crippen LogP contribution in [-0.4, -0.2) is 5.11 Å². The molecule has 2 aromatic carbocycles. The van der Waals surface area contributed by atoms with Crippen molar-refractivity contribution in [1.82, 2.24) is 0 Å². The molecule has 0 aliphatic rings. The molecule has 2 rings (SSSR count). The van der Waals surface area contributed by atoms with E-state index in [1.165, 1.54) is 12.1 Å². The minimum Gasteiger partial charge on any atom is -0.508 e. The summed E-state index contributed by atoms with van der Waals surface area (Å²) in [5.74, 6) is 0.0318. The molecule has 0 aliphatic carbocycles. The number of hydrogen-bond acceptors (Lipinski definition) is 2. The van der Waals surface area contributed by atoms with Crippen LogP contribution in [0.4, 0.5) is 10.1 Å². The average Bonchev–Trinajstić information content (AvgIpc) is 2.30. The average molecular weight is 231 g/mol. The number of aromatic hydroxyl groups is 1. The van der Waals surface area contributed by atoms with E-state index in [0.29, 0.717) is 6.54 Å². The summed E-state index contributed by atoms with van der Waals surface area (Å²) in [4.78, 5) is 0. The van der Waals surface area contributed by atoms with Crippen LogP contribution >= 0.6 is 0 Å². The maximum Gasteiger partial charge on any atom is 0.123 e. The van der Waals surface area contributed by atoms with E-state index in [4.69, 9.17) is 5.11 Å². The maximum atomic E-state index is 12.9. The summed E-state index contributed by atoms with van der Waals surface area (Å²) in [6.07, 6.45) is 0. The summed E-state index contributed by atoms with van der Waals surface area (Å²) in [7, 11) is 0. The van der Waals surface area contributed by atoms with E-state index in [1.54, 1.807) is 30.3 Å². The lowest BCUT2D eigenvalue weighted by Crippen LogP contribution is -2.01. The number of nitrogens with one attached hydrogen (secondary N) is 1. The molecular formula is C14H14FNO. The predicted octanol–water partition coefficient (Wildman–Crippen LogP) is 3.45. The summed E-state index contributed by atoms with van der Waals surface area (Å²) in [6, 6.07) is 11.6. The zero-order chi connectivity index (χ0) is 12.3. The van der Waals surface area contributed by atoms with Gasteiger partial charge in [-0.25, -0.2) is 4.39 Å². The quantitative estimate of drug-likeness (QED) is 0.793. The van der Waals surface area contributed by atoms with Crippen LogP contribution in [0.2, 0.25) is 0 Å². The molecule has 0 heterocycles. The van der Waals surface area contributed by atoms with Gasteiger partial charge in [0.2, 0.25) is 0 Å². The third-order valence-electron chi connectivity index (χ3n) is 2.65. The number of phenols is 1. The van der Waals surface area contributed by atoms with Crippen molar-refractivity contribution in [2.45, 2.75) is 13.5 Å². The Hall–Kier alpha value is -2.03. The zero-order valence-electron chi connectivity index (χ0n) is 9.57. The van der Waals surface area contributed by atoms with Gasteiger partial charge in [-0.15, -0.1) is 0 Å². The van der Waals surface area contributed by atoms with Gasteiger partial charge in [0.15, 0.2) is 0 Å². The van der Waals surface area contributed by atoms with Gasteiger partial charge in [-0.2, -0.15) is 0 Å². The van der Waals surface area contributed by atoms with E-state index >= 15 is 0 Å². The molecule has 2 nitrogen and oxygen atoms in total. The number of hydrogen-bond donors (Lipinski definition) is 2. The Morgan fingerprint density at radius 3 is 2.47 bits per heavy atom. The Morgan fingerprint density at radius 1 is 1.12 bits per heavy atom. The van der Waals surface area contributed by atoms with Crippen molar-refractivity contribution < 1.29 is 9.50 Å². The summed E-state index contributed by atoms with van der Waals surface area (Å²) in [5, 5.41) is 12.4. The van der Waals surface area contributed by atoms with Gasteiger partial charge < -0.3 is 10.4 Å². The second-order valence-corrected chi connectivity index (χ2v) is 3.97. The van der Waals surface area contributed by atoms with Crippen LogP contribution in [-0.2, 0) is 6.54 Å². The Morgan fingerprint density at radius 2 is 1.82 bits per heavy atom. The Bertz CT molecular complexity index is 508. The highest BCUT2D eigenvalue weighted by atomic mass is 19.1. The number of phenolic OH excluding ortho intramolecular Hbond substituents is 1. The van der Waals surface area contributed by atoms with Gasteiger partial charge in [0.25, 0.3) is 0 Å². The van der Waals surface area contributed by atoms with E-state index in [9.17, 15) is 4.39 Å². The smallest absolute Gasteiger partial charge is 0.123 e. The first-order valence-electron chi connectivity index (χ1n) is 5.43. The van der Waals surface area contributed by atoms with Gasteiger partial charge in [0.05, 0.1) is 0 Å². The van der Waals surface area contributed by atoms with Crippen molar-refractivity contribution >= 4 is 5.69 Å². The number of aryl methyl sites for hydroxylation is 1. The monoisotopic (exact) mass is 231 g/mol. The maximum absolute atomic E-state index is 12.9. The van der Waals surface area contributed by atoms with E-state index in [0.717, 1.165) is 16.8 Å². The highest BCUT2D eigenvalue weighted by Gasteiger charge is 2.00. The Labute approximate surface area is 99.7 Å². The highest BCUT2D eigenvalue weighted by molar-refractivity contribution is 5.46. The SMILES string of the molecule is Cc1cc(F)ccc1CNc1ccc(O)cc1. The molecule has 0 bridgehead atoms. The molecule has 0 aromatic heterocycles. The van der Waals surface area contributed by atoms with E-state index in [2.05, 4.69) is 5.32 Å². The fourth-order valence-corrected chi connectivity index (χ4v) is 1.63. The van der Waals surface area contributed by atoms with Crippen LogP contribution < -0.4 is 5.32 Å². The van der Waals surface area contributed by atoms with Gasteiger partial charge in [-0.3, -0.25) is 0 Å². The molecule has 0 saturated heterocycles. The third-order valence-corrected chi connectivity index (χ3v) is 2.65. The summed E-state index contributed by atoms with van der Waals surface area (Å²) >= 11 is 0. The molecule has 3 heteroatoms. The normalized spacial score (nSPS) is 10.2. The molecule has 0 spiro atoms. The first-order chi connectivity index (χ1) is 8.15. The minimum atomic E-state index is -0.212. The molecule has 0 amide bonds. The van der Waals surface area contributed by atoms with Crippen LogP contribution in [0.1, 0.15) is 11.1 Å². The van der Waals surface area contributed by atoms with Gasteiger partial charge in [-0.1, -0.05) is 6.07 Å². The van der Waals surface area contributed by atoms with Crippen molar-refractivity contribution in [1.29, 1.82) is 0 Å². The van der Waals surface area contributed by atoms with Crippen molar-refractivity contribution in [3.05, 3.63) is 59.4 Å². The topological polar surface area (TPSA) is 32.3 Å². The lowest BCUT2D eigenvalue weighted by Gasteiger charge is -2.09. The molecule has 0 aliphatic heterocycles. The van der Waals surface area contributed by atoms with Crippen LogP contribution in [0.5, 0.6) is 5.75 Å². The van der Waals surface area contributed by atoms with Crippen LogP contribution in [0, 0.1) is 12.7 Å². The minimum absolute atomic E-state index is 0.212.